The van der Waals surface area contributed by atoms with Crippen molar-refractivity contribution in [3.05, 3.63) is 0 Å². The second-order valence-electron chi connectivity index (χ2n) is 2.07. The Balaban J connectivity index is 3.16. The molecule has 0 aromatic heterocycles. The van der Waals surface area contributed by atoms with Crippen molar-refractivity contribution in [3.63, 3.8) is 0 Å². The summed E-state index contributed by atoms with van der Waals surface area (Å²) in [4.78, 5) is 0. The van der Waals surface area contributed by atoms with Crippen molar-refractivity contribution in [1.29, 1.82) is 0 Å². The van der Waals surface area contributed by atoms with E-state index in [9.17, 15) is 0 Å². The molecule has 0 saturated heterocycles. The van der Waals surface area contributed by atoms with Gasteiger partial charge in [-0.05, 0) is 13.8 Å². The monoisotopic (exact) mass is 148 g/mol. The summed E-state index contributed by atoms with van der Waals surface area (Å²) >= 11 is 0. The van der Waals surface area contributed by atoms with Crippen LogP contribution in [-0.4, -0.2) is 25.7 Å². The van der Waals surface area contributed by atoms with Gasteiger partial charge in [-0.1, -0.05) is 0 Å². The lowest BCUT2D eigenvalue weighted by Gasteiger charge is -2.15. The van der Waals surface area contributed by atoms with Crippen molar-refractivity contribution < 1.29 is 9.47 Å². The quantitative estimate of drug-likeness (QED) is 0.522. The molecule has 2 unspecified atom stereocenters. The molecule has 10 heavy (non-hydrogen) atoms. The lowest BCUT2D eigenvalue weighted by molar-refractivity contribution is -0.152. The molecule has 0 aromatic rings. The third kappa shape index (κ3) is 5.97. The topological polar surface area (TPSA) is 70.5 Å². The molecule has 0 amide bonds. The van der Waals surface area contributed by atoms with Crippen LogP contribution in [0, 0.1) is 0 Å². The summed E-state index contributed by atoms with van der Waals surface area (Å²) in [5.41, 5.74) is 10.5. The maximum atomic E-state index is 5.33. The molecule has 0 fully saturated rings. The molecule has 0 bridgehead atoms. The largest absolute Gasteiger partial charge is 0.352 e. The van der Waals surface area contributed by atoms with Gasteiger partial charge in [0.2, 0.25) is 0 Å². The van der Waals surface area contributed by atoms with E-state index < -0.39 is 0 Å². The molecule has 0 rings (SSSR count). The van der Waals surface area contributed by atoms with Crippen LogP contribution in [0.3, 0.4) is 0 Å². The van der Waals surface area contributed by atoms with Gasteiger partial charge >= 0.3 is 0 Å². The van der Waals surface area contributed by atoms with Gasteiger partial charge in [0.1, 0.15) is 6.23 Å². The van der Waals surface area contributed by atoms with Gasteiger partial charge in [-0.25, -0.2) is 0 Å². The SMILES string of the molecule is CC(N)OC(C)OCCN. The predicted molar refractivity (Wildman–Crippen MR) is 39.2 cm³/mol. The van der Waals surface area contributed by atoms with E-state index in [1.807, 2.05) is 0 Å². The van der Waals surface area contributed by atoms with Crippen LogP contribution in [0.5, 0.6) is 0 Å². The third-order valence-electron chi connectivity index (χ3n) is 0.877. The Morgan fingerprint density at radius 2 is 2.00 bits per heavy atom. The summed E-state index contributed by atoms with van der Waals surface area (Å²) in [6.07, 6.45) is -0.545. The van der Waals surface area contributed by atoms with E-state index in [1.165, 1.54) is 0 Å². The van der Waals surface area contributed by atoms with Crippen molar-refractivity contribution in [2.24, 2.45) is 11.5 Å². The zero-order chi connectivity index (χ0) is 7.98. The summed E-state index contributed by atoms with van der Waals surface area (Å²) in [5, 5.41) is 0. The van der Waals surface area contributed by atoms with Gasteiger partial charge in [-0.15, -0.1) is 0 Å². The Labute approximate surface area is 61.5 Å². The fraction of sp³-hybridized carbons (Fsp3) is 1.00. The van der Waals surface area contributed by atoms with Crippen LogP contribution in [0.1, 0.15) is 13.8 Å². The highest BCUT2D eigenvalue weighted by atomic mass is 16.7. The first-order valence-electron chi connectivity index (χ1n) is 3.39. The molecule has 0 radical (unpaired) electrons. The van der Waals surface area contributed by atoms with E-state index in [4.69, 9.17) is 20.9 Å². The average molecular weight is 148 g/mol. The predicted octanol–water partition coefficient (Wildman–Crippen LogP) is -0.371. The van der Waals surface area contributed by atoms with Gasteiger partial charge in [-0.3, -0.25) is 0 Å². The molecule has 2 atom stereocenters. The van der Waals surface area contributed by atoms with Gasteiger partial charge in [-0.2, -0.15) is 0 Å². The zero-order valence-electron chi connectivity index (χ0n) is 6.54. The van der Waals surface area contributed by atoms with E-state index in [2.05, 4.69) is 0 Å². The number of nitrogens with two attached hydrogens (primary N) is 2. The standard InChI is InChI=1S/C6H16N2O2/c1-5(8)10-6(2)9-4-3-7/h5-6H,3-4,7-8H2,1-2H3. The van der Waals surface area contributed by atoms with Crippen molar-refractivity contribution in [2.45, 2.75) is 26.4 Å². The normalized spacial score (nSPS) is 16.8. The lowest BCUT2D eigenvalue weighted by atomic mass is 10.6. The Hall–Kier alpha value is -0.160. The van der Waals surface area contributed by atoms with Crippen molar-refractivity contribution in [1.82, 2.24) is 0 Å². The fourth-order valence-corrected chi connectivity index (χ4v) is 0.576. The highest BCUT2D eigenvalue weighted by Crippen LogP contribution is 1.93. The Kier molecular flexibility index (Phi) is 5.52. The van der Waals surface area contributed by atoms with Crippen LogP contribution < -0.4 is 11.5 Å². The van der Waals surface area contributed by atoms with E-state index in [-0.39, 0.29) is 12.5 Å². The van der Waals surface area contributed by atoms with Gasteiger partial charge in [0.15, 0.2) is 6.29 Å². The molecule has 0 aliphatic rings. The Morgan fingerprint density at radius 1 is 1.40 bits per heavy atom. The first-order valence-corrected chi connectivity index (χ1v) is 3.39. The van der Waals surface area contributed by atoms with Gasteiger partial charge in [0.25, 0.3) is 0 Å². The summed E-state index contributed by atoms with van der Waals surface area (Å²) in [7, 11) is 0. The molecule has 0 aromatic carbocycles. The highest BCUT2D eigenvalue weighted by molar-refractivity contribution is 4.38. The average Bonchev–Trinajstić information content (AvgIpc) is 1.82. The first kappa shape index (κ1) is 9.84. The molecular weight excluding hydrogens is 132 g/mol. The molecule has 0 spiro atoms. The molecule has 0 aliphatic carbocycles. The summed E-state index contributed by atoms with van der Waals surface area (Å²) in [6.45, 7) is 4.56. The molecule has 0 aliphatic heterocycles. The Morgan fingerprint density at radius 3 is 2.40 bits per heavy atom. The molecule has 0 saturated carbocycles. The van der Waals surface area contributed by atoms with Gasteiger partial charge in [0.05, 0.1) is 6.61 Å². The molecular formula is C6H16N2O2. The van der Waals surface area contributed by atoms with Crippen LogP contribution >= 0.6 is 0 Å². The number of ether oxygens (including phenoxy) is 2. The van der Waals surface area contributed by atoms with Crippen molar-refractivity contribution in [3.8, 4) is 0 Å². The minimum atomic E-state index is -0.284. The maximum absolute atomic E-state index is 5.33. The van der Waals surface area contributed by atoms with Crippen LogP contribution in [0.2, 0.25) is 0 Å². The van der Waals surface area contributed by atoms with Crippen LogP contribution in [0.15, 0.2) is 0 Å². The van der Waals surface area contributed by atoms with E-state index in [1.54, 1.807) is 13.8 Å². The first-order chi connectivity index (χ1) is 4.66. The zero-order valence-corrected chi connectivity index (χ0v) is 6.54. The molecule has 4 N–H and O–H groups in total. The number of hydrogen-bond donors (Lipinski definition) is 2. The van der Waals surface area contributed by atoms with Gasteiger partial charge < -0.3 is 20.9 Å². The van der Waals surface area contributed by atoms with Crippen molar-refractivity contribution >= 4 is 0 Å². The number of rotatable bonds is 5. The van der Waals surface area contributed by atoms with Crippen molar-refractivity contribution in [2.75, 3.05) is 13.2 Å². The van der Waals surface area contributed by atoms with Crippen LogP contribution in [0.4, 0.5) is 0 Å². The fourth-order valence-electron chi connectivity index (χ4n) is 0.576. The minimum Gasteiger partial charge on any atom is -0.352 e. The van der Waals surface area contributed by atoms with Gasteiger partial charge in [0, 0.05) is 6.54 Å². The molecule has 4 nitrogen and oxygen atoms in total. The van der Waals surface area contributed by atoms with E-state index in [0.29, 0.717) is 13.2 Å². The van der Waals surface area contributed by atoms with Crippen LogP contribution in [0.25, 0.3) is 0 Å². The lowest BCUT2D eigenvalue weighted by Crippen LogP contribution is -2.27. The molecule has 4 heteroatoms. The summed E-state index contributed by atoms with van der Waals surface area (Å²) in [5.74, 6) is 0. The second-order valence-corrected chi connectivity index (χ2v) is 2.07. The molecule has 0 heterocycles. The minimum absolute atomic E-state index is 0.261. The maximum Gasteiger partial charge on any atom is 0.156 e. The second kappa shape index (κ2) is 5.61. The number of hydrogen-bond acceptors (Lipinski definition) is 4. The molecule has 62 valence electrons. The third-order valence-corrected chi connectivity index (χ3v) is 0.877. The smallest absolute Gasteiger partial charge is 0.156 e. The van der Waals surface area contributed by atoms with E-state index in [0.717, 1.165) is 0 Å². The Bertz CT molecular complexity index is 78.1. The van der Waals surface area contributed by atoms with Crippen LogP contribution in [-0.2, 0) is 9.47 Å². The summed E-state index contributed by atoms with van der Waals surface area (Å²) < 4.78 is 10.1. The van der Waals surface area contributed by atoms with E-state index >= 15 is 0 Å². The highest BCUT2D eigenvalue weighted by Gasteiger charge is 2.02. The summed E-state index contributed by atoms with van der Waals surface area (Å²) in [6, 6.07) is 0.